The Morgan fingerprint density at radius 2 is 1.70 bits per heavy atom. The smallest absolute Gasteiger partial charge is 0.335 e. The van der Waals surface area contributed by atoms with Crippen LogP contribution in [0, 0.1) is 0 Å². The molecule has 1 amide bonds. The number of carboxylic acids is 1. The molecule has 0 aliphatic carbocycles. The Morgan fingerprint density at radius 1 is 1.05 bits per heavy atom. The van der Waals surface area contributed by atoms with Crippen molar-refractivity contribution in [2.75, 3.05) is 17.7 Å². The molecule has 0 fully saturated rings. The summed E-state index contributed by atoms with van der Waals surface area (Å²) in [5, 5.41) is 8.84. The largest absolute Gasteiger partial charge is 0.478 e. The molecule has 3 N–H and O–H groups in total. The molecule has 5 nitrogen and oxygen atoms in total. The highest BCUT2D eigenvalue weighted by Gasteiger charge is 2.14. The second kappa shape index (κ2) is 5.44. The van der Waals surface area contributed by atoms with Crippen LogP contribution in [-0.4, -0.2) is 24.0 Å². The summed E-state index contributed by atoms with van der Waals surface area (Å²) >= 11 is 0. The third-order valence-electron chi connectivity index (χ3n) is 2.94. The van der Waals surface area contributed by atoms with Crippen LogP contribution in [-0.2, 0) is 0 Å². The number of aromatic carboxylic acids is 1. The number of rotatable bonds is 3. The average Bonchev–Trinajstić information content (AvgIpc) is 2.46. The zero-order chi connectivity index (χ0) is 14.7. The van der Waals surface area contributed by atoms with E-state index in [1.165, 1.54) is 17.0 Å². The fraction of sp³-hybridized carbons (Fsp3) is 0.0667. The van der Waals surface area contributed by atoms with Gasteiger partial charge in [-0.1, -0.05) is 6.07 Å². The number of hydrogen-bond acceptors (Lipinski definition) is 3. The zero-order valence-electron chi connectivity index (χ0n) is 10.9. The Kier molecular flexibility index (Phi) is 3.70. The lowest BCUT2D eigenvalue weighted by atomic mass is 10.1. The van der Waals surface area contributed by atoms with Gasteiger partial charge in [0.05, 0.1) is 5.56 Å². The van der Waals surface area contributed by atoms with E-state index < -0.39 is 5.97 Å². The van der Waals surface area contributed by atoms with Crippen LogP contribution in [0.2, 0.25) is 0 Å². The number of carboxylic acid groups (broad SMARTS) is 1. The summed E-state index contributed by atoms with van der Waals surface area (Å²) in [4.78, 5) is 24.5. The van der Waals surface area contributed by atoms with Crippen LogP contribution in [0.25, 0.3) is 0 Å². The average molecular weight is 270 g/mol. The van der Waals surface area contributed by atoms with Gasteiger partial charge in [0.2, 0.25) is 0 Å². The molecule has 0 aromatic heterocycles. The summed E-state index contributed by atoms with van der Waals surface area (Å²) < 4.78 is 0. The maximum Gasteiger partial charge on any atom is 0.335 e. The van der Waals surface area contributed by atoms with E-state index in [4.69, 9.17) is 10.8 Å². The lowest BCUT2D eigenvalue weighted by Gasteiger charge is -2.17. The van der Waals surface area contributed by atoms with Gasteiger partial charge in [-0.25, -0.2) is 4.79 Å². The van der Waals surface area contributed by atoms with Crippen LogP contribution in [0.3, 0.4) is 0 Å². The van der Waals surface area contributed by atoms with Crippen LogP contribution >= 0.6 is 0 Å². The molecule has 0 heterocycles. The molecule has 2 aromatic rings. The molecule has 0 radical (unpaired) electrons. The van der Waals surface area contributed by atoms with Gasteiger partial charge in [0.15, 0.2) is 0 Å². The van der Waals surface area contributed by atoms with Crippen molar-refractivity contribution >= 4 is 23.3 Å². The summed E-state index contributed by atoms with van der Waals surface area (Å²) in [6.07, 6.45) is 0. The van der Waals surface area contributed by atoms with Crippen LogP contribution in [0.1, 0.15) is 20.7 Å². The van der Waals surface area contributed by atoms with E-state index in [0.717, 1.165) is 0 Å². The quantitative estimate of drug-likeness (QED) is 0.838. The molecule has 2 aromatic carbocycles. The molecular weight excluding hydrogens is 256 g/mol. The maximum atomic E-state index is 12.3. The Hall–Kier alpha value is -2.82. The summed E-state index contributed by atoms with van der Waals surface area (Å²) in [6, 6.07) is 12.8. The van der Waals surface area contributed by atoms with Gasteiger partial charge in [-0.3, -0.25) is 4.79 Å². The number of nitrogens with two attached hydrogens (primary N) is 1. The molecule has 20 heavy (non-hydrogen) atoms. The number of nitrogen functional groups attached to an aromatic ring is 1. The van der Waals surface area contributed by atoms with Crippen molar-refractivity contribution in [1.29, 1.82) is 0 Å². The van der Waals surface area contributed by atoms with Crippen molar-refractivity contribution in [3.8, 4) is 0 Å². The third-order valence-corrected chi connectivity index (χ3v) is 2.94. The zero-order valence-corrected chi connectivity index (χ0v) is 10.9. The highest BCUT2D eigenvalue weighted by atomic mass is 16.4. The molecule has 0 unspecified atom stereocenters. The number of amides is 1. The topological polar surface area (TPSA) is 83.6 Å². The van der Waals surface area contributed by atoms with E-state index in [2.05, 4.69) is 0 Å². The Balaban J connectivity index is 2.24. The van der Waals surface area contributed by atoms with Gasteiger partial charge in [-0.05, 0) is 42.5 Å². The van der Waals surface area contributed by atoms with E-state index >= 15 is 0 Å². The highest BCUT2D eigenvalue weighted by molar-refractivity contribution is 6.06. The molecular formula is C15H14N2O3. The van der Waals surface area contributed by atoms with Gasteiger partial charge in [0.25, 0.3) is 5.91 Å². The molecule has 0 aliphatic heterocycles. The first kappa shape index (κ1) is 13.6. The fourth-order valence-electron chi connectivity index (χ4n) is 1.81. The summed E-state index contributed by atoms with van der Waals surface area (Å²) in [7, 11) is 1.63. The predicted octanol–water partition coefficient (Wildman–Crippen LogP) is 2.24. The Labute approximate surface area is 116 Å². The number of hydrogen-bond donors (Lipinski definition) is 2. The Bertz CT molecular complexity index is 650. The van der Waals surface area contributed by atoms with E-state index in [0.29, 0.717) is 16.9 Å². The van der Waals surface area contributed by atoms with E-state index in [1.807, 2.05) is 0 Å². The third kappa shape index (κ3) is 2.77. The van der Waals surface area contributed by atoms with Crippen molar-refractivity contribution in [3.63, 3.8) is 0 Å². The molecule has 0 saturated carbocycles. The van der Waals surface area contributed by atoms with Gasteiger partial charge in [-0.2, -0.15) is 0 Å². The van der Waals surface area contributed by atoms with Crippen LogP contribution < -0.4 is 10.6 Å². The number of carbonyl (C=O) groups excluding carboxylic acids is 1. The Morgan fingerprint density at radius 3 is 2.25 bits per heavy atom. The first-order chi connectivity index (χ1) is 9.49. The van der Waals surface area contributed by atoms with Gasteiger partial charge < -0.3 is 15.7 Å². The molecule has 0 aliphatic rings. The first-order valence-electron chi connectivity index (χ1n) is 5.96. The van der Waals surface area contributed by atoms with E-state index in [-0.39, 0.29) is 11.5 Å². The van der Waals surface area contributed by atoms with Gasteiger partial charge >= 0.3 is 5.97 Å². The monoisotopic (exact) mass is 270 g/mol. The normalized spacial score (nSPS) is 10.1. The van der Waals surface area contributed by atoms with Crippen LogP contribution in [0.4, 0.5) is 11.4 Å². The molecule has 0 bridgehead atoms. The SMILES string of the molecule is CN(C(=O)c1cccc(N)c1)c1ccc(C(=O)O)cc1. The highest BCUT2D eigenvalue weighted by Crippen LogP contribution is 2.17. The number of benzene rings is 2. The van der Waals surface area contributed by atoms with Crippen molar-refractivity contribution in [2.45, 2.75) is 0 Å². The molecule has 0 spiro atoms. The van der Waals surface area contributed by atoms with E-state index in [1.54, 1.807) is 43.4 Å². The van der Waals surface area contributed by atoms with Gasteiger partial charge in [0, 0.05) is 24.0 Å². The summed E-state index contributed by atoms with van der Waals surface area (Å²) in [5.41, 5.74) is 7.45. The van der Waals surface area contributed by atoms with Crippen molar-refractivity contribution in [1.82, 2.24) is 0 Å². The number of nitrogens with zero attached hydrogens (tertiary/aromatic N) is 1. The second-order valence-corrected chi connectivity index (χ2v) is 4.34. The number of anilines is 2. The van der Waals surface area contributed by atoms with Crippen LogP contribution in [0.5, 0.6) is 0 Å². The molecule has 0 saturated heterocycles. The maximum absolute atomic E-state index is 12.3. The van der Waals surface area contributed by atoms with Crippen molar-refractivity contribution in [3.05, 3.63) is 59.7 Å². The standard InChI is InChI=1S/C15H14N2O3/c1-17(13-7-5-10(6-8-13)15(19)20)14(18)11-3-2-4-12(16)9-11/h2-9H,16H2,1H3,(H,19,20). The summed E-state index contributed by atoms with van der Waals surface area (Å²) in [6.45, 7) is 0. The van der Waals surface area contributed by atoms with E-state index in [9.17, 15) is 9.59 Å². The number of carbonyl (C=O) groups is 2. The fourth-order valence-corrected chi connectivity index (χ4v) is 1.81. The van der Waals surface area contributed by atoms with Crippen LogP contribution in [0.15, 0.2) is 48.5 Å². The van der Waals surface area contributed by atoms with Crippen molar-refractivity contribution < 1.29 is 14.7 Å². The second-order valence-electron chi connectivity index (χ2n) is 4.34. The molecule has 2 rings (SSSR count). The lowest BCUT2D eigenvalue weighted by Crippen LogP contribution is -2.26. The van der Waals surface area contributed by atoms with Gasteiger partial charge in [0.1, 0.15) is 0 Å². The summed E-state index contributed by atoms with van der Waals surface area (Å²) in [5.74, 6) is -1.21. The van der Waals surface area contributed by atoms with Crippen molar-refractivity contribution in [2.24, 2.45) is 0 Å². The minimum Gasteiger partial charge on any atom is -0.478 e. The minimum atomic E-state index is -0.999. The minimum absolute atomic E-state index is 0.179. The molecule has 0 atom stereocenters. The molecule has 5 heteroatoms. The lowest BCUT2D eigenvalue weighted by molar-refractivity contribution is 0.0696. The van der Waals surface area contributed by atoms with Gasteiger partial charge in [-0.15, -0.1) is 0 Å². The first-order valence-corrected chi connectivity index (χ1v) is 5.96. The molecule has 102 valence electrons. The predicted molar refractivity (Wildman–Crippen MR) is 77.0 cm³/mol.